The lowest BCUT2D eigenvalue weighted by molar-refractivity contribution is -0.128. The molecule has 3 heterocycles. The number of amides is 1. The van der Waals surface area contributed by atoms with Gasteiger partial charge in [-0.25, -0.2) is 9.97 Å². The number of unbranched alkanes of at least 4 members (excludes halogenated alkanes) is 1. The van der Waals surface area contributed by atoms with Crippen molar-refractivity contribution in [2.24, 2.45) is 0 Å². The maximum atomic E-state index is 12.0. The number of rotatable bonds is 12. The van der Waals surface area contributed by atoms with Crippen LogP contribution in [-0.2, 0) is 22.4 Å². The van der Waals surface area contributed by atoms with Crippen LogP contribution in [0, 0.1) is 11.3 Å². The first kappa shape index (κ1) is 32.8. The van der Waals surface area contributed by atoms with E-state index in [9.17, 15) is 25.4 Å². The van der Waals surface area contributed by atoms with Gasteiger partial charge in [0.1, 0.15) is 47.4 Å². The third-order valence-electron chi connectivity index (χ3n) is 8.52. The number of nitrogens with two attached hydrogens (primary N) is 1. The predicted octanol–water partition coefficient (Wildman–Crippen LogP) is 2.98. The summed E-state index contributed by atoms with van der Waals surface area (Å²) in [6.07, 6.45) is 0.368. The molecular formula is C34H40N6O6. The highest BCUT2D eigenvalue weighted by molar-refractivity contribution is 5.93. The number of carbonyl (C=O) groups is 1. The van der Waals surface area contributed by atoms with Crippen molar-refractivity contribution in [3.05, 3.63) is 71.7 Å². The van der Waals surface area contributed by atoms with Crippen molar-refractivity contribution >= 4 is 22.8 Å². The fourth-order valence-electron chi connectivity index (χ4n) is 5.93. The normalized spacial score (nSPS) is 20.9. The number of nitrogen functional groups attached to an aromatic ring is 1. The Hall–Kier alpha value is -4.54. The molecule has 1 amide bonds. The van der Waals surface area contributed by atoms with Gasteiger partial charge in [0.15, 0.2) is 6.23 Å². The molecule has 12 nitrogen and oxygen atoms in total. The van der Waals surface area contributed by atoms with E-state index in [1.807, 2.05) is 48.5 Å². The van der Waals surface area contributed by atoms with Gasteiger partial charge in [-0.3, -0.25) is 9.36 Å². The number of nitriles is 1. The van der Waals surface area contributed by atoms with Gasteiger partial charge >= 0.3 is 0 Å². The smallest absolute Gasteiger partial charge is 0.222 e. The van der Waals surface area contributed by atoms with E-state index in [0.29, 0.717) is 55.5 Å². The summed E-state index contributed by atoms with van der Waals surface area (Å²) >= 11 is 0. The number of hydrogen-bond acceptors (Lipinski definition) is 10. The summed E-state index contributed by atoms with van der Waals surface area (Å²) in [6.45, 7) is 1.36. The van der Waals surface area contributed by atoms with E-state index in [4.69, 9.17) is 15.2 Å². The van der Waals surface area contributed by atoms with Gasteiger partial charge in [-0.2, -0.15) is 5.26 Å². The van der Waals surface area contributed by atoms with Crippen LogP contribution in [0.15, 0.2) is 54.9 Å². The number of ether oxygens (including phenoxy) is 2. The minimum Gasteiger partial charge on any atom is -0.493 e. The molecular weight excluding hydrogens is 588 g/mol. The quantitative estimate of drug-likeness (QED) is 0.170. The molecule has 1 fully saturated rings. The van der Waals surface area contributed by atoms with Crippen LogP contribution < -0.4 is 10.5 Å². The molecule has 2 aromatic carbocycles. The molecule has 1 aliphatic rings. The molecule has 5 rings (SSSR count). The molecule has 4 atom stereocenters. The van der Waals surface area contributed by atoms with Crippen LogP contribution in [0.25, 0.3) is 22.2 Å². The van der Waals surface area contributed by atoms with Crippen LogP contribution in [-0.4, -0.2) is 85.8 Å². The van der Waals surface area contributed by atoms with Crippen LogP contribution in [0.2, 0.25) is 0 Å². The number of anilines is 1. The van der Waals surface area contributed by atoms with Crippen molar-refractivity contribution in [3.63, 3.8) is 0 Å². The molecule has 46 heavy (non-hydrogen) atoms. The van der Waals surface area contributed by atoms with Gasteiger partial charge in [-0.1, -0.05) is 42.5 Å². The SMILES string of the molecule is CN(C)C(=O)CCCCOc1cc(CCc2c(C#N)c3c(N)ncnc3n2C2O[C@H](CO)[C@@H](O)[C@@]2(C)O)ccc1-c1ccccc1. The van der Waals surface area contributed by atoms with Crippen molar-refractivity contribution in [3.8, 4) is 22.9 Å². The Balaban J connectivity index is 1.46. The summed E-state index contributed by atoms with van der Waals surface area (Å²) in [4.78, 5) is 22.0. The number of aromatic nitrogens is 3. The molecule has 0 spiro atoms. The van der Waals surface area contributed by atoms with Crippen molar-refractivity contribution in [1.82, 2.24) is 19.4 Å². The Labute approximate surface area is 267 Å². The number of hydrogen-bond donors (Lipinski definition) is 4. The fraction of sp³-hybridized carbons (Fsp3) is 0.412. The van der Waals surface area contributed by atoms with Gasteiger partial charge in [0.05, 0.1) is 24.2 Å². The maximum Gasteiger partial charge on any atom is 0.222 e. The predicted molar refractivity (Wildman–Crippen MR) is 172 cm³/mol. The lowest BCUT2D eigenvalue weighted by Gasteiger charge is -2.29. The van der Waals surface area contributed by atoms with Gasteiger partial charge < -0.3 is 35.4 Å². The summed E-state index contributed by atoms with van der Waals surface area (Å²) in [6, 6.07) is 18.2. The summed E-state index contributed by atoms with van der Waals surface area (Å²) in [5.74, 6) is 0.892. The van der Waals surface area contributed by atoms with Gasteiger partial charge in [-0.05, 0) is 49.8 Å². The number of benzene rings is 2. The highest BCUT2D eigenvalue weighted by Gasteiger charge is 2.54. The minimum absolute atomic E-state index is 0.0831. The Bertz CT molecular complexity index is 1730. The molecule has 0 saturated carbocycles. The van der Waals surface area contributed by atoms with Crippen LogP contribution in [0.5, 0.6) is 5.75 Å². The zero-order valence-corrected chi connectivity index (χ0v) is 26.3. The summed E-state index contributed by atoms with van der Waals surface area (Å²) < 4.78 is 13.8. The maximum absolute atomic E-state index is 12.0. The van der Waals surface area contributed by atoms with E-state index in [0.717, 1.165) is 16.7 Å². The Morgan fingerprint density at radius 1 is 1.17 bits per heavy atom. The third-order valence-corrected chi connectivity index (χ3v) is 8.52. The van der Waals surface area contributed by atoms with Crippen molar-refractivity contribution in [2.75, 3.05) is 33.0 Å². The first-order valence-corrected chi connectivity index (χ1v) is 15.3. The molecule has 0 bridgehead atoms. The van der Waals surface area contributed by atoms with Crippen LogP contribution >= 0.6 is 0 Å². The number of nitrogens with zero attached hydrogens (tertiary/aromatic N) is 5. The minimum atomic E-state index is -1.81. The van der Waals surface area contributed by atoms with Crippen LogP contribution in [0.4, 0.5) is 5.82 Å². The molecule has 4 aromatic rings. The second-order valence-corrected chi connectivity index (χ2v) is 11.9. The highest BCUT2D eigenvalue weighted by atomic mass is 16.6. The summed E-state index contributed by atoms with van der Waals surface area (Å²) in [7, 11) is 3.49. The van der Waals surface area contributed by atoms with Crippen molar-refractivity contribution < 1.29 is 29.6 Å². The standard InChI is InChI=1S/C34H40N6O6/c1-34(44)30(43)27(19-41)46-33(34)40-25(24(18-35)29-31(36)37-20-38-32(29)40)15-13-21-12-14-23(22-9-5-4-6-10-22)26(17-21)45-16-8-7-11-28(42)39(2)3/h4-6,9-10,12,14,17,20,27,30,33,41,43-44H,7-8,11,13,15-16,19H2,1-3H3,(H2,36,37,38)/t27-,30-,33?,34-/m1/s1. The van der Waals surface area contributed by atoms with Crippen molar-refractivity contribution in [1.29, 1.82) is 5.26 Å². The lowest BCUT2D eigenvalue weighted by atomic mass is 9.96. The first-order chi connectivity index (χ1) is 22.1. The molecule has 0 aliphatic carbocycles. The van der Waals surface area contributed by atoms with E-state index < -0.39 is 30.6 Å². The zero-order valence-electron chi connectivity index (χ0n) is 26.3. The van der Waals surface area contributed by atoms with E-state index in [-0.39, 0.29) is 22.9 Å². The zero-order chi connectivity index (χ0) is 33.0. The topological polar surface area (TPSA) is 180 Å². The molecule has 1 saturated heterocycles. The number of aliphatic hydroxyl groups is 3. The second-order valence-electron chi connectivity index (χ2n) is 11.9. The monoisotopic (exact) mass is 628 g/mol. The van der Waals surface area contributed by atoms with Crippen LogP contribution in [0.1, 0.15) is 49.2 Å². The lowest BCUT2D eigenvalue weighted by Crippen LogP contribution is -2.44. The fourth-order valence-corrected chi connectivity index (χ4v) is 5.93. The van der Waals surface area contributed by atoms with Gasteiger partial charge in [-0.15, -0.1) is 0 Å². The van der Waals surface area contributed by atoms with Crippen molar-refractivity contribution in [2.45, 2.75) is 63.1 Å². The van der Waals surface area contributed by atoms with Gasteiger partial charge in [0.2, 0.25) is 5.91 Å². The largest absolute Gasteiger partial charge is 0.493 e. The van der Waals surface area contributed by atoms with E-state index in [1.54, 1.807) is 23.6 Å². The van der Waals surface area contributed by atoms with Gasteiger partial charge in [0, 0.05) is 31.8 Å². The summed E-state index contributed by atoms with van der Waals surface area (Å²) in [5, 5.41) is 42.5. The van der Waals surface area contributed by atoms with E-state index in [2.05, 4.69) is 16.0 Å². The number of aliphatic hydroxyl groups excluding tert-OH is 2. The Morgan fingerprint density at radius 3 is 2.61 bits per heavy atom. The molecule has 242 valence electrons. The second kappa shape index (κ2) is 13.8. The average Bonchev–Trinajstić information content (AvgIpc) is 3.49. The Morgan fingerprint density at radius 2 is 1.93 bits per heavy atom. The molecule has 1 aliphatic heterocycles. The molecule has 1 unspecified atom stereocenters. The van der Waals surface area contributed by atoms with E-state index >= 15 is 0 Å². The van der Waals surface area contributed by atoms with E-state index in [1.165, 1.54) is 13.3 Å². The number of carbonyl (C=O) groups excluding carboxylic acids is 1. The number of fused-ring (bicyclic) bond motifs is 1. The Kier molecular flexibility index (Phi) is 9.88. The molecule has 0 radical (unpaired) electrons. The molecule has 12 heteroatoms. The summed E-state index contributed by atoms with van der Waals surface area (Å²) in [5.41, 5.74) is 8.31. The highest BCUT2D eigenvalue weighted by Crippen LogP contribution is 2.43. The van der Waals surface area contributed by atoms with Crippen LogP contribution in [0.3, 0.4) is 0 Å². The van der Waals surface area contributed by atoms with Gasteiger partial charge in [0.25, 0.3) is 0 Å². The number of aryl methyl sites for hydroxylation is 1. The molecule has 5 N–H and O–H groups in total. The third kappa shape index (κ3) is 6.41. The first-order valence-electron chi connectivity index (χ1n) is 15.3. The average molecular weight is 629 g/mol. The molecule has 2 aromatic heterocycles.